The van der Waals surface area contributed by atoms with Crippen molar-refractivity contribution in [3.63, 3.8) is 0 Å². The first-order valence-corrected chi connectivity index (χ1v) is 7.24. The molecule has 2 aliphatic rings. The summed E-state index contributed by atoms with van der Waals surface area (Å²) in [5, 5.41) is 7.22. The van der Waals surface area contributed by atoms with E-state index in [2.05, 4.69) is 24.5 Å². The van der Waals surface area contributed by atoms with Gasteiger partial charge in [-0.1, -0.05) is 13.8 Å². The third kappa shape index (κ3) is 3.94. The molecule has 2 atom stereocenters. The highest BCUT2D eigenvalue weighted by Gasteiger charge is 2.31. The summed E-state index contributed by atoms with van der Waals surface area (Å²) >= 11 is 0. The largest absolute Gasteiger partial charge is 0.378 e. The van der Waals surface area contributed by atoms with Crippen molar-refractivity contribution in [3.05, 3.63) is 0 Å². The molecule has 2 rings (SSSR count). The summed E-state index contributed by atoms with van der Waals surface area (Å²) < 4.78 is 5.77. The van der Waals surface area contributed by atoms with Crippen molar-refractivity contribution in [1.29, 1.82) is 0 Å². The minimum absolute atomic E-state index is 0.381. The molecule has 0 aromatic carbocycles. The van der Waals surface area contributed by atoms with E-state index in [1.165, 1.54) is 32.1 Å². The molecule has 2 fully saturated rings. The van der Waals surface area contributed by atoms with Gasteiger partial charge in [-0.05, 0) is 50.6 Å². The third-order valence-electron chi connectivity index (χ3n) is 4.26. The first-order chi connectivity index (χ1) is 8.18. The average Bonchev–Trinajstić information content (AvgIpc) is 2.32. The SMILES string of the molecule is CC1(C)CNCCC1NCCC1CCCCO1. The lowest BCUT2D eigenvalue weighted by atomic mass is 9.80. The molecule has 0 aliphatic carbocycles. The van der Waals surface area contributed by atoms with E-state index in [4.69, 9.17) is 4.74 Å². The maximum atomic E-state index is 5.77. The molecule has 0 aromatic rings. The van der Waals surface area contributed by atoms with Crippen molar-refractivity contribution in [2.24, 2.45) is 5.41 Å². The van der Waals surface area contributed by atoms with Crippen LogP contribution in [-0.2, 0) is 4.74 Å². The van der Waals surface area contributed by atoms with Crippen molar-refractivity contribution in [2.75, 3.05) is 26.2 Å². The lowest BCUT2D eigenvalue weighted by Crippen LogP contribution is -2.53. The van der Waals surface area contributed by atoms with Gasteiger partial charge in [0, 0.05) is 19.2 Å². The average molecular weight is 240 g/mol. The van der Waals surface area contributed by atoms with Gasteiger partial charge < -0.3 is 15.4 Å². The number of ether oxygens (including phenoxy) is 1. The van der Waals surface area contributed by atoms with Crippen LogP contribution in [0.25, 0.3) is 0 Å². The highest BCUT2D eigenvalue weighted by Crippen LogP contribution is 2.25. The monoisotopic (exact) mass is 240 g/mol. The second-order valence-electron chi connectivity index (χ2n) is 6.24. The van der Waals surface area contributed by atoms with Crippen LogP contribution in [0.4, 0.5) is 0 Å². The molecular weight excluding hydrogens is 212 g/mol. The molecule has 0 spiro atoms. The number of piperidine rings is 1. The van der Waals surface area contributed by atoms with Gasteiger partial charge in [0.1, 0.15) is 0 Å². The molecule has 3 nitrogen and oxygen atoms in total. The molecule has 2 unspecified atom stereocenters. The number of hydrogen-bond acceptors (Lipinski definition) is 3. The van der Waals surface area contributed by atoms with Gasteiger partial charge >= 0.3 is 0 Å². The second kappa shape index (κ2) is 6.17. The van der Waals surface area contributed by atoms with Crippen LogP contribution in [0.3, 0.4) is 0 Å². The minimum Gasteiger partial charge on any atom is -0.378 e. The van der Waals surface area contributed by atoms with E-state index in [1.807, 2.05) is 0 Å². The summed E-state index contributed by atoms with van der Waals surface area (Å²) in [6, 6.07) is 0.660. The van der Waals surface area contributed by atoms with Crippen molar-refractivity contribution < 1.29 is 4.74 Å². The molecule has 2 heterocycles. The fourth-order valence-corrected chi connectivity index (χ4v) is 3.00. The standard InChI is InChI=1S/C14H28N2O/c1-14(2)11-15-8-7-13(14)16-9-6-12-5-3-4-10-17-12/h12-13,15-16H,3-11H2,1-2H3. The molecule has 0 amide bonds. The second-order valence-corrected chi connectivity index (χ2v) is 6.24. The van der Waals surface area contributed by atoms with Crippen LogP contribution >= 0.6 is 0 Å². The molecule has 2 aliphatic heterocycles. The Bertz CT molecular complexity index is 224. The predicted molar refractivity (Wildman–Crippen MR) is 71.3 cm³/mol. The van der Waals surface area contributed by atoms with Crippen LogP contribution in [0, 0.1) is 5.41 Å². The van der Waals surface area contributed by atoms with Crippen LogP contribution in [0.1, 0.15) is 46.0 Å². The lowest BCUT2D eigenvalue weighted by Gasteiger charge is -2.40. The summed E-state index contributed by atoms with van der Waals surface area (Å²) in [4.78, 5) is 0. The van der Waals surface area contributed by atoms with E-state index in [0.717, 1.165) is 26.2 Å². The van der Waals surface area contributed by atoms with E-state index < -0.39 is 0 Å². The molecule has 3 heteroatoms. The Morgan fingerprint density at radius 1 is 1.29 bits per heavy atom. The zero-order chi connectivity index (χ0) is 12.1. The Labute approximate surface area is 106 Å². The Balaban J connectivity index is 1.66. The number of rotatable bonds is 4. The fourth-order valence-electron chi connectivity index (χ4n) is 3.00. The summed E-state index contributed by atoms with van der Waals surface area (Å²) in [5.41, 5.74) is 0.381. The first-order valence-electron chi connectivity index (χ1n) is 7.24. The van der Waals surface area contributed by atoms with Gasteiger partial charge in [-0.15, -0.1) is 0 Å². The van der Waals surface area contributed by atoms with Crippen LogP contribution in [0.15, 0.2) is 0 Å². The van der Waals surface area contributed by atoms with Gasteiger partial charge in [0.05, 0.1) is 6.10 Å². The molecule has 2 saturated heterocycles. The maximum Gasteiger partial charge on any atom is 0.0587 e. The third-order valence-corrected chi connectivity index (χ3v) is 4.26. The Kier molecular flexibility index (Phi) is 4.83. The Morgan fingerprint density at radius 3 is 2.88 bits per heavy atom. The fraction of sp³-hybridized carbons (Fsp3) is 1.00. The molecule has 0 aromatic heterocycles. The van der Waals surface area contributed by atoms with Gasteiger partial charge in [-0.3, -0.25) is 0 Å². The highest BCUT2D eigenvalue weighted by molar-refractivity contribution is 4.90. The van der Waals surface area contributed by atoms with E-state index in [-0.39, 0.29) is 0 Å². The maximum absolute atomic E-state index is 5.77. The zero-order valence-electron chi connectivity index (χ0n) is 11.4. The quantitative estimate of drug-likeness (QED) is 0.788. The van der Waals surface area contributed by atoms with Gasteiger partial charge in [0.15, 0.2) is 0 Å². The van der Waals surface area contributed by atoms with E-state index in [1.54, 1.807) is 0 Å². The van der Waals surface area contributed by atoms with Crippen LogP contribution in [0.2, 0.25) is 0 Å². The van der Waals surface area contributed by atoms with Crippen molar-refractivity contribution >= 4 is 0 Å². The first kappa shape index (κ1) is 13.3. The van der Waals surface area contributed by atoms with E-state index in [0.29, 0.717) is 17.6 Å². The van der Waals surface area contributed by atoms with Crippen LogP contribution in [0.5, 0.6) is 0 Å². The van der Waals surface area contributed by atoms with Crippen molar-refractivity contribution in [1.82, 2.24) is 10.6 Å². The number of hydrogen-bond donors (Lipinski definition) is 2. The van der Waals surface area contributed by atoms with E-state index >= 15 is 0 Å². The zero-order valence-corrected chi connectivity index (χ0v) is 11.4. The van der Waals surface area contributed by atoms with Gasteiger partial charge in [0.25, 0.3) is 0 Å². The van der Waals surface area contributed by atoms with Crippen LogP contribution in [-0.4, -0.2) is 38.4 Å². The van der Waals surface area contributed by atoms with Crippen molar-refractivity contribution in [2.45, 2.75) is 58.1 Å². The topological polar surface area (TPSA) is 33.3 Å². The molecule has 0 radical (unpaired) electrons. The molecule has 0 bridgehead atoms. The minimum atomic E-state index is 0.381. The predicted octanol–water partition coefficient (Wildman–Crippen LogP) is 1.92. The molecular formula is C14H28N2O. The van der Waals surface area contributed by atoms with Gasteiger partial charge in [0.2, 0.25) is 0 Å². The summed E-state index contributed by atoms with van der Waals surface area (Å²) in [6.45, 7) is 9.08. The lowest BCUT2D eigenvalue weighted by molar-refractivity contribution is 0.0101. The molecule has 2 N–H and O–H groups in total. The molecule has 0 saturated carbocycles. The van der Waals surface area contributed by atoms with E-state index in [9.17, 15) is 0 Å². The molecule has 17 heavy (non-hydrogen) atoms. The van der Waals surface area contributed by atoms with Crippen molar-refractivity contribution in [3.8, 4) is 0 Å². The Hall–Kier alpha value is -0.120. The molecule has 100 valence electrons. The van der Waals surface area contributed by atoms with Gasteiger partial charge in [-0.2, -0.15) is 0 Å². The van der Waals surface area contributed by atoms with Gasteiger partial charge in [-0.25, -0.2) is 0 Å². The summed E-state index contributed by atoms with van der Waals surface area (Å²) in [6.07, 6.45) is 6.81. The van der Waals surface area contributed by atoms with Crippen LogP contribution < -0.4 is 10.6 Å². The number of nitrogens with one attached hydrogen (secondary N) is 2. The highest BCUT2D eigenvalue weighted by atomic mass is 16.5. The summed E-state index contributed by atoms with van der Waals surface area (Å²) in [5.74, 6) is 0. The smallest absolute Gasteiger partial charge is 0.0587 e. The summed E-state index contributed by atoms with van der Waals surface area (Å²) in [7, 11) is 0. The normalized spacial score (nSPS) is 33.5. The Morgan fingerprint density at radius 2 is 2.18 bits per heavy atom.